The van der Waals surface area contributed by atoms with Crippen LogP contribution < -0.4 is 10.0 Å². The van der Waals surface area contributed by atoms with Crippen molar-refractivity contribution in [1.82, 2.24) is 9.88 Å². The van der Waals surface area contributed by atoms with Crippen LogP contribution in [0.5, 0.6) is 0 Å². The van der Waals surface area contributed by atoms with Crippen LogP contribution >= 0.6 is 22.9 Å². The molecule has 2 fully saturated rings. The van der Waals surface area contributed by atoms with E-state index in [1.54, 1.807) is 0 Å². The first kappa shape index (κ1) is 18.9. The van der Waals surface area contributed by atoms with Gasteiger partial charge in [-0.15, -0.1) is 11.3 Å². The highest BCUT2D eigenvalue weighted by Gasteiger charge is 2.43. The highest BCUT2D eigenvalue weighted by atomic mass is 35.5. The van der Waals surface area contributed by atoms with Crippen LogP contribution in [-0.2, 0) is 10.0 Å². The van der Waals surface area contributed by atoms with Crippen LogP contribution in [0.1, 0.15) is 25.7 Å². The van der Waals surface area contributed by atoms with E-state index in [4.69, 9.17) is 11.6 Å². The van der Waals surface area contributed by atoms with Gasteiger partial charge in [-0.2, -0.15) is 0 Å². The Morgan fingerprint density at radius 1 is 1.30 bits per heavy atom. The van der Waals surface area contributed by atoms with E-state index in [0.717, 1.165) is 25.9 Å². The predicted molar refractivity (Wildman–Crippen MR) is 106 cm³/mol. The molecular formula is C17H20ClFN4O2S2. The molecule has 0 saturated carbocycles. The third-order valence-corrected chi connectivity index (χ3v) is 7.75. The lowest BCUT2D eigenvalue weighted by atomic mass is 9.94. The Morgan fingerprint density at radius 3 is 2.70 bits per heavy atom. The van der Waals surface area contributed by atoms with Gasteiger partial charge in [-0.05, 0) is 50.9 Å². The van der Waals surface area contributed by atoms with E-state index >= 15 is 0 Å². The number of rotatable bonds is 6. The largest absolute Gasteiger partial charge is 0.382 e. The second kappa shape index (κ2) is 7.20. The van der Waals surface area contributed by atoms with Crippen LogP contribution in [0, 0.1) is 5.82 Å². The Kier molecular flexibility index (Phi) is 5.04. The molecule has 1 aromatic carbocycles. The monoisotopic (exact) mass is 430 g/mol. The van der Waals surface area contributed by atoms with E-state index in [1.807, 2.05) is 0 Å². The maximum Gasteiger partial charge on any atom is 0.266 e. The molecule has 4 rings (SSSR count). The third-order valence-electron chi connectivity index (χ3n) is 5.43. The summed E-state index contributed by atoms with van der Waals surface area (Å²) in [5.41, 5.74) is 2.01. The van der Waals surface area contributed by atoms with Gasteiger partial charge in [0.25, 0.3) is 10.0 Å². The molecule has 2 aliphatic rings. The highest BCUT2D eigenvalue weighted by Crippen LogP contribution is 2.39. The number of hydrogen-bond acceptors (Lipinski definition) is 6. The number of fused-ring (bicyclic) bond motifs is 1. The van der Waals surface area contributed by atoms with Crippen molar-refractivity contribution < 1.29 is 12.8 Å². The maximum atomic E-state index is 14.7. The second-order valence-corrected chi connectivity index (χ2v) is 9.74. The summed E-state index contributed by atoms with van der Waals surface area (Å²) in [5, 5.41) is 4.56. The van der Waals surface area contributed by atoms with Crippen molar-refractivity contribution in [1.29, 1.82) is 0 Å². The van der Waals surface area contributed by atoms with Crippen LogP contribution in [0.15, 0.2) is 27.9 Å². The Balaban J connectivity index is 1.54. The van der Waals surface area contributed by atoms with Crippen molar-refractivity contribution in [3.05, 3.63) is 33.9 Å². The lowest BCUT2D eigenvalue weighted by Gasteiger charge is -2.32. The Morgan fingerprint density at radius 2 is 2.04 bits per heavy atom. The Bertz CT molecular complexity index is 927. The van der Waals surface area contributed by atoms with Gasteiger partial charge in [0.2, 0.25) is 0 Å². The van der Waals surface area contributed by atoms with Gasteiger partial charge in [0, 0.05) is 17.5 Å². The molecule has 2 aliphatic heterocycles. The standard InChI is InChI=1S/C17H20ClFN4O2S2/c18-15-12(20-10-17-5-1-7-23(17)8-2-6-17)3-4-13(16(15)19)27(24,25)22-14-9-26-11-21-14/h3-4,9,11,20,22H,1-2,5-8,10H2. The average Bonchev–Trinajstić information content (AvgIpc) is 3.32. The van der Waals surface area contributed by atoms with Crippen LogP contribution in [0.4, 0.5) is 15.9 Å². The Labute approximate surface area is 166 Å². The molecule has 3 heterocycles. The van der Waals surface area contributed by atoms with E-state index < -0.39 is 20.7 Å². The minimum Gasteiger partial charge on any atom is -0.382 e. The number of nitrogens with zero attached hydrogens (tertiary/aromatic N) is 2. The number of anilines is 2. The van der Waals surface area contributed by atoms with Gasteiger partial charge in [0.15, 0.2) is 11.6 Å². The molecule has 0 amide bonds. The highest BCUT2D eigenvalue weighted by molar-refractivity contribution is 7.92. The smallest absolute Gasteiger partial charge is 0.266 e. The fourth-order valence-corrected chi connectivity index (χ4v) is 6.03. The van der Waals surface area contributed by atoms with E-state index in [1.165, 1.54) is 47.2 Å². The minimum atomic E-state index is -4.10. The molecule has 2 N–H and O–H groups in total. The summed E-state index contributed by atoms with van der Waals surface area (Å²) in [6.07, 6.45) is 4.57. The maximum absolute atomic E-state index is 14.7. The van der Waals surface area contributed by atoms with E-state index in [0.29, 0.717) is 12.2 Å². The molecule has 6 nitrogen and oxygen atoms in total. The SMILES string of the molecule is O=S(=O)(Nc1cscn1)c1ccc(NCC23CCCN2CCC3)c(Cl)c1F. The summed E-state index contributed by atoms with van der Waals surface area (Å²) in [4.78, 5) is 5.85. The first-order chi connectivity index (χ1) is 12.9. The fourth-order valence-electron chi connectivity index (χ4n) is 4.11. The number of hydrogen-bond donors (Lipinski definition) is 2. The second-order valence-electron chi connectivity index (χ2n) is 6.99. The van der Waals surface area contributed by atoms with Crippen molar-refractivity contribution in [3.63, 3.8) is 0 Å². The van der Waals surface area contributed by atoms with Crippen molar-refractivity contribution in [2.75, 3.05) is 29.7 Å². The number of sulfonamides is 1. The van der Waals surface area contributed by atoms with Crippen molar-refractivity contribution in [2.24, 2.45) is 0 Å². The van der Waals surface area contributed by atoms with Crippen LogP contribution in [0.25, 0.3) is 0 Å². The molecule has 0 spiro atoms. The molecule has 0 bridgehead atoms. The zero-order chi connectivity index (χ0) is 19.1. The molecule has 0 radical (unpaired) electrons. The number of aromatic nitrogens is 1. The van der Waals surface area contributed by atoms with Crippen LogP contribution in [0.2, 0.25) is 5.02 Å². The van der Waals surface area contributed by atoms with Crippen molar-refractivity contribution >= 4 is 44.5 Å². The lowest BCUT2D eigenvalue weighted by molar-refractivity contribution is 0.209. The average molecular weight is 431 g/mol. The summed E-state index contributed by atoms with van der Waals surface area (Å²) >= 11 is 7.39. The first-order valence-corrected chi connectivity index (χ1v) is 11.6. The van der Waals surface area contributed by atoms with Crippen LogP contribution in [-0.4, -0.2) is 43.5 Å². The van der Waals surface area contributed by atoms with Gasteiger partial charge in [0.05, 0.1) is 11.2 Å². The van der Waals surface area contributed by atoms with E-state index in [9.17, 15) is 12.8 Å². The third kappa shape index (κ3) is 3.53. The lowest BCUT2D eigenvalue weighted by Crippen LogP contribution is -2.44. The van der Waals surface area contributed by atoms with E-state index in [-0.39, 0.29) is 16.4 Å². The molecule has 2 aromatic rings. The molecular weight excluding hydrogens is 411 g/mol. The van der Waals surface area contributed by atoms with Gasteiger partial charge in [-0.25, -0.2) is 17.8 Å². The summed E-state index contributed by atoms with van der Waals surface area (Å²) < 4.78 is 41.8. The normalized spacial score (nSPS) is 19.2. The summed E-state index contributed by atoms with van der Waals surface area (Å²) in [7, 11) is -4.10. The zero-order valence-corrected chi connectivity index (χ0v) is 16.9. The number of nitrogens with one attached hydrogen (secondary N) is 2. The zero-order valence-electron chi connectivity index (χ0n) is 14.5. The molecule has 27 heavy (non-hydrogen) atoms. The van der Waals surface area contributed by atoms with Crippen LogP contribution in [0.3, 0.4) is 0 Å². The van der Waals surface area contributed by atoms with Gasteiger partial charge in [-0.3, -0.25) is 9.62 Å². The van der Waals surface area contributed by atoms with Crippen molar-refractivity contribution in [3.8, 4) is 0 Å². The first-order valence-electron chi connectivity index (χ1n) is 8.79. The molecule has 146 valence electrons. The topological polar surface area (TPSA) is 74.3 Å². The molecule has 0 unspecified atom stereocenters. The van der Waals surface area contributed by atoms with E-state index in [2.05, 4.69) is 19.9 Å². The Hall–Kier alpha value is -1.42. The summed E-state index contributed by atoms with van der Waals surface area (Å²) in [5.74, 6) is -0.809. The molecule has 0 aliphatic carbocycles. The van der Waals surface area contributed by atoms with Gasteiger partial charge >= 0.3 is 0 Å². The molecule has 2 saturated heterocycles. The quantitative estimate of drug-likeness (QED) is 0.729. The van der Waals surface area contributed by atoms with Crippen molar-refractivity contribution in [2.45, 2.75) is 36.1 Å². The predicted octanol–water partition coefficient (Wildman–Crippen LogP) is 3.78. The van der Waals surface area contributed by atoms with Gasteiger partial charge < -0.3 is 5.32 Å². The number of thiazole rings is 1. The summed E-state index contributed by atoms with van der Waals surface area (Å²) in [6.45, 7) is 2.88. The fraction of sp³-hybridized carbons (Fsp3) is 0.471. The van der Waals surface area contributed by atoms with Gasteiger partial charge in [0.1, 0.15) is 9.92 Å². The minimum absolute atomic E-state index is 0.108. The molecule has 0 atom stereocenters. The number of benzene rings is 1. The number of halogens is 2. The van der Waals surface area contributed by atoms with Gasteiger partial charge in [-0.1, -0.05) is 11.6 Å². The molecule has 10 heteroatoms. The molecule has 1 aromatic heterocycles. The summed E-state index contributed by atoms with van der Waals surface area (Å²) in [6, 6.07) is 2.75.